The quantitative estimate of drug-likeness (QED) is 0.140. The lowest BCUT2D eigenvalue weighted by Crippen LogP contribution is -2.62. The minimum atomic E-state index is -0.645. The standard InChI is InChI=1S/C80H70BN3/c1-53-48-66-65-50-64(82(62-42-36-58(37-43-62)77(2,3)4)61-38-32-56(33-39-61)54-22-13-9-14-23-54)44-45-72(65)84(63-40-34-57(35-41-63)55-24-15-10-16-25-55)81-71-31-21-30-67-76(71)83(74(49-53)75(66)81)73-52-69-68(78(5,6)46-47-79(69,7)8)51-70(73)80(67,59-26-17-11-18-27-59)60-28-19-12-20-29-60/h9-45,48-52H,46-47H2,1-8H3. The molecule has 0 atom stereocenters. The maximum Gasteiger partial charge on any atom is 0.333 e. The molecule has 11 aromatic rings. The van der Waals surface area contributed by atoms with Crippen LogP contribution in [0, 0.1) is 6.92 Å². The first-order valence-corrected chi connectivity index (χ1v) is 30.2. The lowest BCUT2D eigenvalue weighted by molar-refractivity contribution is 0.331. The van der Waals surface area contributed by atoms with Gasteiger partial charge >= 0.3 is 6.85 Å². The highest BCUT2D eigenvalue weighted by molar-refractivity contribution is 6.93. The molecule has 0 unspecified atom stereocenters. The molecule has 0 amide bonds. The number of hydrogen-bond acceptors (Lipinski definition) is 3. The number of fused-ring (bicyclic) bond motifs is 7. The Balaban J connectivity index is 1.02. The van der Waals surface area contributed by atoms with Crippen molar-refractivity contribution in [3.05, 3.63) is 299 Å². The van der Waals surface area contributed by atoms with E-state index in [1.54, 1.807) is 0 Å². The molecular weight excluding hydrogens is 1010 g/mol. The zero-order valence-corrected chi connectivity index (χ0v) is 49.6. The number of anilines is 8. The maximum atomic E-state index is 2.73. The van der Waals surface area contributed by atoms with Gasteiger partial charge in [-0.15, -0.1) is 0 Å². The fourth-order valence-electron chi connectivity index (χ4n) is 15.0. The Bertz CT molecular complexity index is 4290. The van der Waals surface area contributed by atoms with E-state index in [9.17, 15) is 0 Å². The van der Waals surface area contributed by atoms with Crippen LogP contribution in [0.4, 0.5) is 45.5 Å². The zero-order valence-electron chi connectivity index (χ0n) is 49.6. The average molecular weight is 1080 g/mol. The van der Waals surface area contributed by atoms with Crippen molar-refractivity contribution in [1.29, 1.82) is 0 Å². The van der Waals surface area contributed by atoms with Crippen molar-refractivity contribution in [3.63, 3.8) is 0 Å². The lowest BCUT2D eigenvalue weighted by Gasteiger charge is -2.53. The summed E-state index contributed by atoms with van der Waals surface area (Å²) in [6, 6.07) is 96.9. The number of benzene rings is 11. The predicted molar refractivity (Wildman–Crippen MR) is 356 cm³/mol. The molecule has 0 saturated heterocycles. The van der Waals surface area contributed by atoms with Crippen molar-refractivity contribution < 1.29 is 0 Å². The van der Waals surface area contributed by atoms with E-state index in [4.69, 9.17) is 0 Å². The molecule has 0 bridgehead atoms. The molecule has 3 nitrogen and oxygen atoms in total. The number of para-hydroxylation sites is 1. The van der Waals surface area contributed by atoms with Gasteiger partial charge in [-0.05, 0) is 186 Å². The first-order chi connectivity index (χ1) is 40.7. The molecule has 0 N–H and O–H groups in total. The van der Waals surface area contributed by atoms with Crippen molar-refractivity contribution in [1.82, 2.24) is 0 Å². The van der Waals surface area contributed by atoms with E-state index in [2.05, 4.69) is 325 Å². The van der Waals surface area contributed by atoms with Crippen molar-refractivity contribution in [3.8, 4) is 33.4 Å². The second-order valence-corrected chi connectivity index (χ2v) is 26.4. The fourth-order valence-corrected chi connectivity index (χ4v) is 15.0. The van der Waals surface area contributed by atoms with Crippen LogP contribution in [-0.4, -0.2) is 6.85 Å². The van der Waals surface area contributed by atoms with E-state index in [0.717, 1.165) is 35.6 Å². The van der Waals surface area contributed by atoms with Gasteiger partial charge < -0.3 is 14.6 Å². The Kier molecular flexibility index (Phi) is 11.8. The molecule has 0 fully saturated rings. The first kappa shape index (κ1) is 51.7. The SMILES string of the molecule is Cc1cc2c3c(c1)N1c4cc5c(cc4C(c4ccccc4)(c4ccccc4)c4cccc(c41)B3N(c1ccc(-c3ccccc3)cc1)c1ccc(N(c3ccc(-c4ccccc4)cc3)c3ccc(C(C)(C)C)cc3)cc1-2)C(C)(C)CCC5(C)C. The molecule has 1 aliphatic carbocycles. The van der Waals surface area contributed by atoms with Crippen LogP contribution in [-0.2, 0) is 21.7 Å². The molecule has 3 heterocycles. The summed E-state index contributed by atoms with van der Waals surface area (Å²) in [5.41, 5.74) is 29.3. The fraction of sp³-hybridized carbons (Fsp3) is 0.175. The smallest absolute Gasteiger partial charge is 0.333 e. The molecule has 4 heteroatoms. The van der Waals surface area contributed by atoms with E-state index < -0.39 is 5.41 Å². The van der Waals surface area contributed by atoms with Crippen LogP contribution in [0.3, 0.4) is 0 Å². The molecule has 0 aromatic heterocycles. The third kappa shape index (κ3) is 8.01. The Morgan fingerprint density at radius 2 is 0.929 bits per heavy atom. The highest BCUT2D eigenvalue weighted by Crippen LogP contribution is 2.62. The molecule has 15 rings (SSSR count). The van der Waals surface area contributed by atoms with Crippen LogP contribution >= 0.6 is 0 Å². The summed E-state index contributed by atoms with van der Waals surface area (Å²) in [5.74, 6) is 0. The van der Waals surface area contributed by atoms with E-state index >= 15 is 0 Å². The van der Waals surface area contributed by atoms with Gasteiger partial charge in [-0.1, -0.05) is 237 Å². The molecule has 3 aliphatic heterocycles. The Hall–Kier alpha value is -9.12. The van der Waals surface area contributed by atoms with Gasteiger partial charge in [0.1, 0.15) is 0 Å². The third-order valence-corrected chi connectivity index (χ3v) is 19.4. The van der Waals surface area contributed by atoms with Gasteiger partial charge in [0.25, 0.3) is 0 Å². The van der Waals surface area contributed by atoms with Crippen LogP contribution in [0.2, 0.25) is 0 Å². The van der Waals surface area contributed by atoms with Gasteiger partial charge in [-0.25, -0.2) is 0 Å². The number of aryl methyl sites for hydroxylation is 1. The van der Waals surface area contributed by atoms with Crippen LogP contribution < -0.4 is 25.5 Å². The molecule has 4 aliphatic rings. The maximum absolute atomic E-state index is 2.73. The summed E-state index contributed by atoms with van der Waals surface area (Å²) in [4.78, 5) is 7.86. The minimum Gasteiger partial charge on any atom is -0.376 e. The molecule has 84 heavy (non-hydrogen) atoms. The number of nitrogens with zero attached hydrogens (tertiary/aromatic N) is 3. The van der Waals surface area contributed by atoms with E-state index in [0.29, 0.717) is 0 Å². The first-order valence-electron chi connectivity index (χ1n) is 30.2. The predicted octanol–water partition coefficient (Wildman–Crippen LogP) is 19.8. The van der Waals surface area contributed by atoms with Gasteiger partial charge in [0.15, 0.2) is 0 Å². The monoisotopic (exact) mass is 1080 g/mol. The van der Waals surface area contributed by atoms with Crippen molar-refractivity contribution in [2.45, 2.75) is 89.9 Å². The van der Waals surface area contributed by atoms with Crippen molar-refractivity contribution in [2.24, 2.45) is 0 Å². The van der Waals surface area contributed by atoms with Crippen molar-refractivity contribution >= 4 is 63.3 Å². The van der Waals surface area contributed by atoms with E-state index in [-0.39, 0.29) is 23.1 Å². The van der Waals surface area contributed by atoms with Gasteiger partial charge in [0, 0.05) is 45.4 Å². The Morgan fingerprint density at radius 1 is 0.417 bits per heavy atom. The second-order valence-electron chi connectivity index (χ2n) is 26.4. The van der Waals surface area contributed by atoms with Crippen LogP contribution in [0.15, 0.2) is 255 Å². The molecular formula is C80H70BN3. The van der Waals surface area contributed by atoms with Gasteiger partial charge in [-0.2, -0.15) is 0 Å². The number of rotatable bonds is 8. The van der Waals surface area contributed by atoms with E-state index in [1.165, 1.54) is 112 Å². The highest BCUT2D eigenvalue weighted by Gasteiger charge is 2.54. The lowest BCUT2D eigenvalue weighted by atomic mass is 9.42. The summed E-state index contributed by atoms with van der Waals surface area (Å²) < 4.78 is 0. The molecule has 0 radical (unpaired) electrons. The van der Waals surface area contributed by atoms with Crippen LogP contribution in [0.1, 0.15) is 106 Å². The van der Waals surface area contributed by atoms with Gasteiger partial charge in [-0.3, -0.25) is 0 Å². The second kappa shape index (κ2) is 19.2. The topological polar surface area (TPSA) is 9.72 Å². The number of hydrogen-bond donors (Lipinski definition) is 0. The average Bonchev–Trinajstić information content (AvgIpc) is 0.745. The summed E-state index contributed by atoms with van der Waals surface area (Å²) >= 11 is 0. The molecule has 0 saturated carbocycles. The summed E-state index contributed by atoms with van der Waals surface area (Å²) in [7, 11) is 0. The summed E-state index contributed by atoms with van der Waals surface area (Å²) in [6.45, 7) is 18.9. The molecule has 408 valence electrons. The largest absolute Gasteiger partial charge is 0.376 e. The Labute approximate surface area is 497 Å². The van der Waals surface area contributed by atoms with E-state index in [1.807, 2.05) is 0 Å². The summed E-state index contributed by atoms with van der Waals surface area (Å²) in [6.07, 6.45) is 2.26. The summed E-state index contributed by atoms with van der Waals surface area (Å²) in [5, 5.41) is 0. The van der Waals surface area contributed by atoms with Gasteiger partial charge in [0.2, 0.25) is 0 Å². The normalized spacial score (nSPS) is 15.5. The van der Waals surface area contributed by atoms with Crippen LogP contribution in [0.25, 0.3) is 33.4 Å². The Morgan fingerprint density at radius 3 is 1.50 bits per heavy atom. The minimum absolute atomic E-state index is 0.0129. The van der Waals surface area contributed by atoms with Gasteiger partial charge in [0.05, 0.1) is 11.1 Å². The third-order valence-electron chi connectivity index (χ3n) is 19.4. The molecule has 0 spiro atoms. The van der Waals surface area contributed by atoms with Crippen LogP contribution in [0.5, 0.6) is 0 Å². The molecule has 11 aromatic carbocycles. The zero-order chi connectivity index (χ0) is 57.3. The highest BCUT2D eigenvalue weighted by atomic mass is 15.2. The van der Waals surface area contributed by atoms with Crippen molar-refractivity contribution in [2.75, 3.05) is 14.6 Å².